The average molecular weight is 317 g/mol. The maximum atomic E-state index is 9.06. The quantitative estimate of drug-likeness (QED) is 0.723. The minimum absolute atomic E-state index is 0.175. The van der Waals surface area contributed by atoms with Crippen LogP contribution in [0.25, 0.3) is 22.4 Å². The summed E-state index contributed by atoms with van der Waals surface area (Å²) in [4.78, 5) is 4.56. The second-order valence-corrected chi connectivity index (χ2v) is 5.37. The van der Waals surface area contributed by atoms with Crippen LogP contribution in [0.1, 0.15) is 0 Å². The number of rotatable bonds is 2. The fraction of sp³-hybridized carbons (Fsp3) is 0.0667. The van der Waals surface area contributed by atoms with Gasteiger partial charge in [0.25, 0.3) is 0 Å². The van der Waals surface area contributed by atoms with Gasteiger partial charge >= 0.3 is 0 Å². The molecule has 1 heterocycles. The normalized spacial score (nSPS) is 10.7. The monoisotopic (exact) mass is 316 g/mol. The molecule has 0 fully saturated rings. The zero-order valence-corrected chi connectivity index (χ0v) is 12.4. The second-order valence-electron chi connectivity index (χ2n) is 4.56. The molecule has 2 aromatic carbocycles. The van der Waals surface area contributed by atoms with Crippen molar-refractivity contribution in [3.8, 4) is 17.5 Å². The fourth-order valence-electron chi connectivity index (χ4n) is 2.20. The van der Waals surface area contributed by atoms with Crippen molar-refractivity contribution in [2.45, 2.75) is 6.54 Å². The molecular formula is C15H10Cl2N4. The standard InChI is InChI=1S/C15H10Cl2N4/c16-11-7-13-14(8-12(11)17)21(6-5-18)15(20-13)9-1-3-10(19)4-2-9/h1-4,7-8H,6,19H2. The SMILES string of the molecule is N#CCn1c(-c2ccc(N)cc2)nc2cc(Cl)c(Cl)cc21. The van der Waals surface area contributed by atoms with E-state index in [1.54, 1.807) is 24.3 Å². The highest BCUT2D eigenvalue weighted by Gasteiger charge is 2.14. The highest BCUT2D eigenvalue weighted by molar-refractivity contribution is 6.42. The van der Waals surface area contributed by atoms with Gasteiger partial charge in [0.05, 0.1) is 27.1 Å². The third-order valence-electron chi connectivity index (χ3n) is 3.19. The van der Waals surface area contributed by atoms with Gasteiger partial charge in [0, 0.05) is 11.3 Å². The Balaban J connectivity index is 2.29. The molecule has 3 rings (SSSR count). The van der Waals surface area contributed by atoms with Crippen molar-refractivity contribution in [1.82, 2.24) is 9.55 Å². The minimum Gasteiger partial charge on any atom is -0.399 e. The summed E-state index contributed by atoms with van der Waals surface area (Å²) >= 11 is 12.1. The van der Waals surface area contributed by atoms with E-state index in [0.29, 0.717) is 27.1 Å². The summed E-state index contributed by atoms with van der Waals surface area (Å²) in [6, 6.07) is 12.9. The number of nitrogen functional groups attached to an aromatic ring is 1. The number of benzene rings is 2. The number of aromatic nitrogens is 2. The number of nitriles is 1. The van der Waals surface area contributed by atoms with Crippen LogP contribution in [-0.2, 0) is 6.54 Å². The van der Waals surface area contributed by atoms with Gasteiger partial charge in [-0.15, -0.1) is 0 Å². The summed E-state index contributed by atoms with van der Waals surface area (Å²) in [5, 5.41) is 9.94. The number of hydrogen-bond donors (Lipinski definition) is 1. The molecule has 0 unspecified atom stereocenters. The van der Waals surface area contributed by atoms with Gasteiger partial charge in [-0.25, -0.2) is 4.98 Å². The zero-order chi connectivity index (χ0) is 15.0. The molecule has 0 amide bonds. The predicted octanol–water partition coefficient (Wildman–Crippen LogP) is 4.12. The lowest BCUT2D eigenvalue weighted by Crippen LogP contribution is -1.99. The summed E-state index contributed by atoms with van der Waals surface area (Å²) in [5.74, 6) is 0.685. The summed E-state index contributed by atoms with van der Waals surface area (Å²) < 4.78 is 1.81. The van der Waals surface area contributed by atoms with Crippen LogP contribution in [0.4, 0.5) is 5.69 Å². The molecule has 21 heavy (non-hydrogen) atoms. The second kappa shape index (κ2) is 5.28. The first kappa shape index (κ1) is 13.7. The molecular weight excluding hydrogens is 307 g/mol. The van der Waals surface area contributed by atoms with Crippen LogP contribution in [0.15, 0.2) is 36.4 Å². The molecule has 4 nitrogen and oxygen atoms in total. The summed E-state index contributed by atoms with van der Waals surface area (Å²) in [5.41, 5.74) is 8.73. The topological polar surface area (TPSA) is 67.6 Å². The third-order valence-corrected chi connectivity index (χ3v) is 3.91. The van der Waals surface area contributed by atoms with E-state index in [9.17, 15) is 0 Å². The molecule has 1 aromatic heterocycles. The lowest BCUT2D eigenvalue weighted by atomic mass is 10.2. The Bertz CT molecular complexity index is 860. The van der Waals surface area contributed by atoms with Gasteiger partial charge < -0.3 is 10.3 Å². The summed E-state index contributed by atoms with van der Waals surface area (Å²) in [6.07, 6.45) is 0. The molecule has 0 aliphatic heterocycles. The molecule has 0 aliphatic carbocycles. The van der Waals surface area contributed by atoms with E-state index < -0.39 is 0 Å². The van der Waals surface area contributed by atoms with Gasteiger partial charge in [0.1, 0.15) is 12.4 Å². The van der Waals surface area contributed by atoms with Crippen LogP contribution < -0.4 is 5.73 Å². The van der Waals surface area contributed by atoms with Crippen molar-refractivity contribution in [3.63, 3.8) is 0 Å². The molecule has 0 bridgehead atoms. The van der Waals surface area contributed by atoms with Crippen molar-refractivity contribution < 1.29 is 0 Å². The molecule has 0 saturated heterocycles. The van der Waals surface area contributed by atoms with Crippen molar-refractivity contribution in [3.05, 3.63) is 46.4 Å². The number of hydrogen-bond acceptors (Lipinski definition) is 3. The first-order valence-electron chi connectivity index (χ1n) is 6.18. The molecule has 0 spiro atoms. The Morgan fingerprint density at radius 3 is 2.48 bits per heavy atom. The summed E-state index contributed by atoms with van der Waals surface area (Å²) in [6.45, 7) is 0.175. The average Bonchev–Trinajstić information content (AvgIpc) is 2.79. The lowest BCUT2D eigenvalue weighted by molar-refractivity contribution is 0.870. The molecule has 3 aromatic rings. The van der Waals surface area contributed by atoms with Gasteiger partial charge in [-0.3, -0.25) is 0 Å². The van der Waals surface area contributed by atoms with E-state index in [0.717, 1.165) is 11.1 Å². The fourth-order valence-corrected chi connectivity index (χ4v) is 2.52. The zero-order valence-electron chi connectivity index (χ0n) is 10.8. The van der Waals surface area contributed by atoms with Crippen LogP contribution in [0.5, 0.6) is 0 Å². The number of halogens is 2. The van der Waals surface area contributed by atoms with E-state index in [1.807, 2.05) is 16.7 Å². The van der Waals surface area contributed by atoms with Crippen LogP contribution in [0.3, 0.4) is 0 Å². The van der Waals surface area contributed by atoms with Gasteiger partial charge in [-0.2, -0.15) is 5.26 Å². The van der Waals surface area contributed by atoms with Gasteiger partial charge in [-0.1, -0.05) is 23.2 Å². The first-order chi connectivity index (χ1) is 10.1. The molecule has 104 valence electrons. The maximum absolute atomic E-state index is 9.06. The third kappa shape index (κ3) is 2.42. The largest absolute Gasteiger partial charge is 0.399 e. The number of imidazole rings is 1. The van der Waals surface area contributed by atoms with Crippen LogP contribution in [0.2, 0.25) is 10.0 Å². The summed E-state index contributed by atoms with van der Waals surface area (Å²) in [7, 11) is 0. The van der Waals surface area contributed by atoms with E-state index in [1.165, 1.54) is 0 Å². The van der Waals surface area contributed by atoms with E-state index in [-0.39, 0.29) is 6.54 Å². The highest BCUT2D eigenvalue weighted by atomic mass is 35.5. The molecule has 0 saturated carbocycles. The van der Waals surface area contributed by atoms with Crippen LogP contribution in [0, 0.1) is 11.3 Å². The van der Waals surface area contributed by atoms with E-state index in [4.69, 9.17) is 34.2 Å². The van der Waals surface area contributed by atoms with E-state index in [2.05, 4.69) is 11.1 Å². The first-order valence-corrected chi connectivity index (χ1v) is 6.94. The van der Waals surface area contributed by atoms with Crippen molar-refractivity contribution in [2.24, 2.45) is 0 Å². The molecule has 0 aliphatic rings. The maximum Gasteiger partial charge on any atom is 0.142 e. The number of nitrogens with two attached hydrogens (primary N) is 1. The Hall–Kier alpha value is -2.22. The smallest absolute Gasteiger partial charge is 0.142 e. The number of anilines is 1. The predicted molar refractivity (Wildman–Crippen MR) is 85.2 cm³/mol. The van der Waals surface area contributed by atoms with Crippen molar-refractivity contribution in [2.75, 3.05) is 5.73 Å². The number of fused-ring (bicyclic) bond motifs is 1. The number of nitrogens with zero attached hydrogens (tertiary/aromatic N) is 3. The molecule has 2 N–H and O–H groups in total. The molecule has 0 atom stereocenters. The lowest BCUT2D eigenvalue weighted by Gasteiger charge is -2.05. The van der Waals surface area contributed by atoms with Crippen molar-refractivity contribution in [1.29, 1.82) is 5.26 Å². The van der Waals surface area contributed by atoms with Crippen molar-refractivity contribution >= 4 is 39.9 Å². The van der Waals surface area contributed by atoms with Gasteiger partial charge in [-0.05, 0) is 36.4 Å². The Labute approximate surface area is 131 Å². The molecule has 6 heteroatoms. The Kier molecular flexibility index (Phi) is 3.46. The van der Waals surface area contributed by atoms with Gasteiger partial charge in [0.2, 0.25) is 0 Å². The molecule has 0 radical (unpaired) electrons. The van der Waals surface area contributed by atoms with Gasteiger partial charge in [0.15, 0.2) is 0 Å². The van der Waals surface area contributed by atoms with E-state index >= 15 is 0 Å². The van der Waals surface area contributed by atoms with Crippen LogP contribution >= 0.6 is 23.2 Å². The highest BCUT2D eigenvalue weighted by Crippen LogP contribution is 2.31. The minimum atomic E-state index is 0.175. The Morgan fingerprint density at radius 2 is 1.81 bits per heavy atom. The van der Waals surface area contributed by atoms with Crippen LogP contribution in [-0.4, -0.2) is 9.55 Å². The Morgan fingerprint density at radius 1 is 1.14 bits per heavy atom.